The van der Waals surface area contributed by atoms with Crippen LogP contribution in [-0.4, -0.2) is 70.7 Å². The van der Waals surface area contributed by atoms with Crippen LogP contribution in [0.5, 0.6) is 5.75 Å². The molecule has 0 spiro atoms. The second kappa shape index (κ2) is 8.54. The number of amides is 1. The predicted octanol–water partition coefficient (Wildman–Crippen LogP) is 2.50. The maximum atomic E-state index is 13.2. The molecule has 0 unspecified atom stereocenters. The molecule has 1 aliphatic heterocycles. The van der Waals surface area contributed by atoms with Gasteiger partial charge in [-0.15, -0.1) is 0 Å². The molecule has 0 bridgehead atoms. The fourth-order valence-electron chi connectivity index (χ4n) is 3.77. The van der Waals surface area contributed by atoms with Crippen molar-refractivity contribution >= 4 is 38.7 Å². The van der Waals surface area contributed by atoms with E-state index in [-0.39, 0.29) is 42.7 Å². The number of hydrogen-bond acceptors (Lipinski definition) is 9. The molecule has 1 saturated heterocycles. The summed E-state index contributed by atoms with van der Waals surface area (Å²) in [6.07, 6.45) is 0. The smallest absolute Gasteiger partial charge is 0.276 e. The fourth-order valence-corrected chi connectivity index (χ4v) is 5.95. The zero-order valence-corrected chi connectivity index (χ0v) is 19.2. The molecule has 3 heterocycles. The number of piperazine rings is 1. The Morgan fingerprint density at radius 2 is 1.85 bits per heavy atom. The van der Waals surface area contributed by atoms with E-state index in [4.69, 9.17) is 9.26 Å². The van der Waals surface area contributed by atoms with Gasteiger partial charge >= 0.3 is 0 Å². The first-order valence-corrected chi connectivity index (χ1v) is 12.3. The number of rotatable bonds is 5. The molecule has 2 aromatic carbocycles. The molecule has 5 rings (SSSR count). The predicted molar refractivity (Wildman–Crippen MR) is 121 cm³/mol. The van der Waals surface area contributed by atoms with E-state index < -0.39 is 10.0 Å². The van der Waals surface area contributed by atoms with Gasteiger partial charge in [0.1, 0.15) is 21.7 Å². The SMILES string of the molecule is COc1ccccc1-c1cc(C(=O)N2CCN(S(=O)(=O)c3cccc4nsnc34)CC2)no1. The first-order valence-electron chi connectivity index (χ1n) is 10.1. The van der Waals surface area contributed by atoms with Crippen molar-refractivity contribution in [2.45, 2.75) is 4.90 Å². The number of benzene rings is 2. The minimum absolute atomic E-state index is 0.131. The number of hydrogen-bond donors (Lipinski definition) is 0. The van der Waals surface area contributed by atoms with Crippen LogP contribution in [-0.2, 0) is 10.0 Å². The summed E-state index contributed by atoms with van der Waals surface area (Å²) in [5, 5.41) is 3.92. The number of para-hydroxylation sites is 1. The Kier molecular flexibility index (Phi) is 5.56. The largest absolute Gasteiger partial charge is 0.496 e. The Bertz CT molecular complexity index is 1420. The molecule has 10 nitrogen and oxygen atoms in total. The molecule has 0 atom stereocenters. The molecule has 2 aromatic heterocycles. The number of carbonyl (C=O) groups is 1. The first kappa shape index (κ1) is 21.5. The lowest BCUT2D eigenvalue weighted by Crippen LogP contribution is -2.50. The van der Waals surface area contributed by atoms with Crippen molar-refractivity contribution < 1.29 is 22.5 Å². The lowest BCUT2D eigenvalue weighted by molar-refractivity contribution is 0.0687. The summed E-state index contributed by atoms with van der Waals surface area (Å²) in [4.78, 5) is 14.7. The molecule has 0 saturated carbocycles. The van der Waals surface area contributed by atoms with Crippen molar-refractivity contribution in [2.24, 2.45) is 0 Å². The minimum atomic E-state index is -3.76. The van der Waals surface area contributed by atoms with Crippen LogP contribution in [0.25, 0.3) is 22.4 Å². The second-order valence-electron chi connectivity index (χ2n) is 7.36. The normalized spacial score (nSPS) is 15.1. The molecule has 0 radical (unpaired) electrons. The van der Waals surface area contributed by atoms with Crippen LogP contribution in [0.15, 0.2) is 57.9 Å². The molecular weight excluding hydrogens is 466 g/mol. The second-order valence-corrected chi connectivity index (χ2v) is 9.80. The average Bonchev–Trinajstić information content (AvgIpc) is 3.53. The highest BCUT2D eigenvalue weighted by atomic mass is 32.2. The Labute approximate surface area is 193 Å². The van der Waals surface area contributed by atoms with Crippen molar-refractivity contribution in [3.63, 3.8) is 0 Å². The van der Waals surface area contributed by atoms with Gasteiger partial charge in [-0.2, -0.15) is 13.1 Å². The number of sulfonamides is 1. The van der Waals surface area contributed by atoms with Crippen LogP contribution in [0.1, 0.15) is 10.5 Å². The van der Waals surface area contributed by atoms with Crippen LogP contribution in [0.2, 0.25) is 0 Å². The van der Waals surface area contributed by atoms with E-state index in [2.05, 4.69) is 13.9 Å². The molecule has 33 heavy (non-hydrogen) atoms. The number of aromatic nitrogens is 3. The van der Waals surface area contributed by atoms with Gasteiger partial charge in [0.15, 0.2) is 11.5 Å². The molecule has 1 fully saturated rings. The number of carbonyl (C=O) groups excluding carboxylic acids is 1. The highest BCUT2D eigenvalue weighted by Gasteiger charge is 2.33. The third-order valence-electron chi connectivity index (χ3n) is 5.49. The molecule has 4 aromatic rings. The Balaban J connectivity index is 1.30. The van der Waals surface area contributed by atoms with Crippen molar-refractivity contribution in [2.75, 3.05) is 33.3 Å². The zero-order valence-electron chi connectivity index (χ0n) is 17.5. The van der Waals surface area contributed by atoms with Crippen molar-refractivity contribution in [1.82, 2.24) is 23.1 Å². The standard InChI is InChI=1S/C21H19N5O5S2/c1-30-17-7-3-2-5-14(17)18-13-16(22-31-18)21(27)25-9-11-26(12-10-25)33(28,29)19-8-4-6-15-20(19)24-32-23-15/h2-8,13H,9-12H2,1H3. The van der Waals surface area contributed by atoms with Gasteiger partial charge in [0.05, 0.1) is 24.4 Å². The molecule has 1 aliphatic rings. The monoisotopic (exact) mass is 485 g/mol. The summed E-state index contributed by atoms with van der Waals surface area (Å²) < 4.78 is 46.7. The molecule has 0 N–H and O–H groups in total. The number of ether oxygens (including phenoxy) is 1. The third kappa shape index (κ3) is 3.86. The van der Waals surface area contributed by atoms with Gasteiger partial charge in [0.2, 0.25) is 10.0 Å². The quantitative estimate of drug-likeness (QED) is 0.423. The van der Waals surface area contributed by atoms with E-state index in [0.717, 1.165) is 11.7 Å². The average molecular weight is 486 g/mol. The van der Waals surface area contributed by atoms with E-state index in [1.807, 2.05) is 18.2 Å². The first-order chi connectivity index (χ1) is 16.0. The fraction of sp³-hybridized carbons (Fsp3) is 0.238. The highest BCUT2D eigenvalue weighted by Crippen LogP contribution is 2.30. The summed E-state index contributed by atoms with van der Waals surface area (Å²) in [5.74, 6) is 0.710. The van der Waals surface area contributed by atoms with Gasteiger partial charge in [0.25, 0.3) is 5.91 Å². The molecule has 170 valence electrons. The van der Waals surface area contributed by atoms with Crippen LogP contribution in [0, 0.1) is 0 Å². The number of fused-ring (bicyclic) bond motifs is 1. The topological polar surface area (TPSA) is 119 Å². The van der Waals surface area contributed by atoms with Gasteiger partial charge < -0.3 is 14.2 Å². The molecule has 0 aliphatic carbocycles. The van der Waals surface area contributed by atoms with Crippen molar-refractivity contribution in [3.05, 3.63) is 54.2 Å². The van der Waals surface area contributed by atoms with Crippen LogP contribution in [0.3, 0.4) is 0 Å². The van der Waals surface area contributed by atoms with Crippen molar-refractivity contribution in [3.8, 4) is 17.1 Å². The summed E-state index contributed by atoms with van der Waals surface area (Å²) in [6.45, 7) is 0.804. The number of methoxy groups -OCH3 is 1. The summed E-state index contributed by atoms with van der Waals surface area (Å²) in [7, 11) is -2.20. The maximum Gasteiger partial charge on any atom is 0.276 e. The highest BCUT2D eigenvalue weighted by molar-refractivity contribution is 7.89. The van der Waals surface area contributed by atoms with Crippen molar-refractivity contribution in [1.29, 1.82) is 0 Å². The molecular formula is C21H19N5O5S2. The van der Waals surface area contributed by atoms with E-state index in [1.54, 1.807) is 36.3 Å². The van der Waals surface area contributed by atoms with Gasteiger partial charge in [-0.3, -0.25) is 4.79 Å². The maximum absolute atomic E-state index is 13.2. The Morgan fingerprint density at radius 3 is 2.64 bits per heavy atom. The van der Waals surface area contributed by atoms with Gasteiger partial charge in [-0.1, -0.05) is 23.4 Å². The minimum Gasteiger partial charge on any atom is -0.496 e. The number of nitrogens with zero attached hydrogens (tertiary/aromatic N) is 5. The van der Waals surface area contributed by atoms with Crippen LogP contribution in [0.4, 0.5) is 0 Å². The zero-order chi connectivity index (χ0) is 23.0. The molecule has 1 amide bonds. The lowest BCUT2D eigenvalue weighted by Gasteiger charge is -2.33. The third-order valence-corrected chi connectivity index (χ3v) is 7.97. The van der Waals surface area contributed by atoms with Crippen LogP contribution < -0.4 is 4.74 Å². The van der Waals surface area contributed by atoms with E-state index in [9.17, 15) is 13.2 Å². The van der Waals surface area contributed by atoms with Gasteiger partial charge in [-0.25, -0.2) is 8.42 Å². The Hall–Kier alpha value is -3.35. The summed E-state index contributed by atoms with van der Waals surface area (Å²) in [5.41, 5.74) is 1.76. The Morgan fingerprint density at radius 1 is 1.06 bits per heavy atom. The van der Waals surface area contributed by atoms with Crippen LogP contribution >= 0.6 is 11.7 Å². The van der Waals surface area contributed by atoms with E-state index in [0.29, 0.717) is 28.1 Å². The van der Waals surface area contributed by atoms with E-state index in [1.165, 1.54) is 10.4 Å². The summed E-state index contributed by atoms with van der Waals surface area (Å²) in [6, 6.07) is 13.8. The van der Waals surface area contributed by atoms with E-state index >= 15 is 0 Å². The lowest BCUT2D eigenvalue weighted by atomic mass is 10.1. The summed E-state index contributed by atoms with van der Waals surface area (Å²) >= 11 is 0.975. The molecule has 12 heteroatoms. The van der Waals surface area contributed by atoms with Gasteiger partial charge in [0, 0.05) is 32.2 Å². The van der Waals surface area contributed by atoms with Gasteiger partial charge in [-0.05, 0) is 24.3 Å².